The Kier molecular flexibility index (Phi) is 5.82. The fraction of sp³-hybridized carbons (Fsp3) is 0.588. The molecule has 0 saturated carbocycles. The second kappa shape index (κ2) is 7.73. The highest BCUT2D eigenvalue weighted by molar-refractivity contribution is 9.10. The van der Waals surface area contributed by atoms with Gasteiger partial charge >= 0.3 is 0 Å². The minimum absolute atomic E-state index is 0.133. The molecule has 0 spiro atoms. The van der Waals surface area contributed by atoms with Crippen molar-refractivity contribution in [3.05, 3.63) is 22.2 Å². The largest absolute Gasteiger partial charge is 0.311 e. The third kappa shape index (κ3) is 4.24. The van der Waals surface area contributed by atoms with Crippen molar-refractivity contribution in [3.63, 3.8) is 0 Å². The van der Waals surface area contributed by atoms with E-state index in [1.807, 2.05) is 6.07 Å². The molecular weight excluding hydrogens is 406 g/mol. The van der Waals surface area contributed by atoms with E-state index < -0.39 is 10.0 Å². The van der Waals surface area contributed by atoms with E-state index in [1.165, 1.54) is 19.8 Å². The molecule has 0 unspecified atom stereocenters. The second-order valence-corrected chi connectivity index (χ2v) is 9.28. The number of benzene rings is 1. The van der Waals surface area contributed by atoms with Crippen LogP contribution in [0.5, 0.6) is 0 Å². The molecule has 0 radical (unpaired) electrons. The lowest BCUT2D eigenvalue weighted by Crippen LogP contribution is -2.31. The molecule has 1 aromatic rings. The van der Waals surface area contributed by atoms with E-state index in [4.69, 9.17) is 0 Å². The number of halogens is 1. The van der Waals surface area contributed by atoms with Gasteiger partial charge in [-0.05, 0) is 63.0 Å². The van der Waals surface area contributed by atoms with Crippen LogP contribution in [0.4, 0.5) is 5.69 Å². The average Bonchev–Trinajstić information content (AvgIpc) is 3.19. The Morgan fingerprint density at radius 1 is 1.24 bits per heavy atom. The summed E-state index contributed by atoms with van der Waals surface area (Å²) >= 11 is 3.39. The van der Waals surface area contributed by atoms with E-state index in [1.54, 1.807) is 11.0 Å². The van der Waals surface area contributed by atoms with Gasteiger partial charge < -0.3 is 9.80 Å². The summed E-state index contributed by atoms with van der Waals surface area (Å²) in [5, 5.41) is 0. The highest BCUT2D eigenvalue weighted by Gasteiger charge is 2.31. The van der Waals surface area contributed by atoms with Gasteiger partial charge in [0.15, 0.2) is 0 Å². The van der Waals surface area contributed by atoms with Gasteiger partial charge in [-0.1, -0.05) is 15.9 Å². The standard InChI is InChI=1S/C17H24BrN3O3S/c1-13(22)21-10-5-14-11-15(18)12-16(17(14)21)25(23,24)19-6-4-9-20-7-2-3-8-20/h11-12,19H,2-10H2,1H3. The van der Waals surface area contributed by atoms with Crippen LogP contribution in [0, 0.1) is 0 Å². The van der Waals surface area contributed by atoms with Gasteiger partial charge in [0.25, 0.3) is 0 Å². The van der Waals surface area contributed by atoms with Crippen molar-refractivity contribution in [1.82, 2.24) is 9.62 Å². The first kappa shape index (κ1) is 18.8. The van der Waals surface area contributed by atoms with Crippen molar-refractivity contribution < 1.29 is 13.2 Å². The molecule has 25 heavy (non-hydrogen) atoms. The fourth-order valence-corrected chi connectivity index (χ4v) is 5.59. The Morgan fingerprint density at radius 3 is 2.64 bits per heavy atom. The van der Waals surface area contributed by atoms with Gasteiger partial charge in [0, 0.05) is 24.5 Å². The number of carbonyl (C=O) groups excluding carboxylic acids is 1. The molecule has 1 fully saturated rings. The molecule has 1 saturated heterocycles. The molecule has 0 bridgehead atoms. The third-order valence-corrected chi connectivity index (χ3v) is 6.74. The van der Waals surface area contributed by atoms with E-state index in [0.29, 0.717) is 29.7 Å². The van der Waals surface area contributed by atoms with Gasteiger partial charge in [-0.2, -0.15) is 0 Å². The summed E-state index contributed by atoms with van der Waals surface area (Å²) < 4.78 is 29.1. The molecule has 6 nitrogen and oxygen atoms in total. The predicted molar refractivity (Wildman–Crippen MR) is 101 cm³/mol. The van der Waals surface area contributed by atoms with Crippen LogP contribution in [0.1, 0.15) is 31.7 Å². The van der Waals surface area contributed by atoms with Crippen LogP contribution < -0.4 is 9.62 Å². The summed E-state index contributed by atoms with van der Waals surface area (Å²) in [4.78, 5) is 16.0. The number of rotatable bonds is 6. The first-order chi connectivity index (χ1) is 11.9. The van der Waals surface area contributed by atoms with Gasteiger partial charge in [0.2, 0.25) is 15.9 Å². The molecule has 0 aliphatic carbocycles. The van der Waals surface area contributed by atoms with Crippen molar-refractivity contribution >= 4 is 37.5 Å². The van der Waals surface area contributed by atoms with Gasteiger partial charge in [0.05, 0.1) is 5.69 Å². The minimum Gasteiger partial charge on any atom is -0.311 e. The highest BCUT2D eigenvalue weighted by Crippen LogP contribution is 2.37. The SMILES string of the molecule is CC(=O)N1CCc2cc(Br)cc(S(=O)(=O)NCCCN3CCCC3)c21. The number of fused-ring (bicyclic) bond motifs is 1. The number of anilines is 1. The zero-order valence-electron chi connectivity index (χ0n) is 14.4. The normalized spacial score (nSPS) is 17.9. The van der Waals surface area contributed by atoms with Gasteiger partial charge in [0.1, 0.15) is 4.90 Å². The maximum Gasteiger partial charge on any atom is 0.242 e. The number of hydrogen-bond acceptors (Lipinski definition) is 4. The number of amides is 1. The molecule has 2 heterocycles. The number of nitrogens with zero attached hydrogens (tertiary/aromatic N) is 2. The molecule has 8 heteroatoms. The van der Waals surface area contributed by atoms with Crippen LogP contribution in [-0.2, 0) is 21.2 Å². The van der Waals surface area contributed by atoms with Crippen LogP contribution in [0.15, 0.2) is 21.5 Å². The van der Waals surface area contributed by atoms with Crippen molar-refractivity contribution in [2.24, 2.45) is 0 Å². The van der Waals surface area contributed by atoms with E-state index in [-0.39, 0.29) is 10.8 Å². The van der Waals surface area contributed by atoms with Crippen molar-refractivity contribution in [3.8, 4) is 0 Å². The van der Waals surface area contributed by atoms with Gasteiger partial charge in [-0.15, -0.1) is 0 Å². The Morgan fingerprint density at radius 2 is 1.96 bits per heavy atom. The fourth-order valence-electron chi connectivity index (χ4n) is 3.58. The van der Waals surface area contributed by atoms with Gasteiger partial charge in [-0.25, -0.2) is 13.1 Å². The van der Waals surface area contributed by atoms with E-state index in [9.17, 15) is 13.2 Å². The van der Waals surface area contributed by atoms with Crippen molar-refractivity contribution in [1.29, 1.82) is 0 Å². The molecule has 1 aromatic carbocycles. The van der Waals surface area contributed by atoms with Crippen molar-refractivity contribution in [2.45, 2.75) is 37.5 Å². The molecule has 0 atom stereocenters. The highest BCUT2D eigenvalue weighted by atomic mass is 79.9. The molecular formula is C17H24BrN3O3S. The molecule has 1 amide bonds. The zero-order valence-corrected chi connectivity index (χ0v) is 16.8. The summed E-state index contributed by atoms with van der Waals surface area (Å²) in [7, 11) is -3.66. The maximum absolute atomic E-state index is 12.8. The van der Waals surface area contributed by atoms with Crippen LogP contribution in [0.25, 0.3) is 0 Å². The third-order valence-electron chi connectivity index (χ3n) is 4.80. The summed E-state index contributed by atoms with van der Waals surface area (Å²) in [6.07, 6.45) is 3.92. The summed E-state index contributed by atoms with van der Waals surface area (Å²) in [5.74, 6) is -0.133. The molecule has 2 aliphatic heterocycles. The van der Waals surface area contributed by atoms with E-state index >= 15 is 0 Å². The lowest BCUT2D eigenvalue weighted by molar-refractivity contribution is -0.116. The van der Waals surface area contributed by atoms with Crippen LogP contribution >= 0.6 is 15.9 Å². The minimum atomic E-state index is -3.66. The topological polar surface area (TPSA) is 69.7 Å². The number of likely N-dealkylation sites (tertiary alicyclic amines) is 1. The molecule has 138 valence electrons. The first-order valence-corrected chi connectivity index (χ1v) is 11.0. The van der Waals surface area contributed by atoms with Gasteiger partial charge in [-0.3, -0.25) is 4.79 Å². The Hall–Kier alpha value is -0.960. The second-order valence-electron chi connectivity index (χ2n) is 6.63. The first-order valence-electron chi connectivity index (χ1n) is 8.71. The number of sulfonamides is 1. The zero-order chi connectivity index (χ0) is 18.0. The average molecular weight is 430 g/mol. The Labute approximate surface area is 157 Å². The van der Waals surface area contributed by atoms with E-state index in [2.05, 4.69) is 25.6 Å². The molecule has 2 aliphatic rings. The summed E-state index contributed by atoms with van der Waals surface area (Å²) in [5.41, 5.74) is 1.42. The van der Waals surface area contributed by atoms with Crippen LogP contribution in [-0.4, -0.2) is 51.9 Å². The van der Waals surface area contributed by atoms with Crippen LogP contribution in [0.3, 0.4) is 0 Å². The van der Waals surface area contributed by atoms with Crippen molar-refractivity contribution in [2.75, 3.05) is 37.6 Å². The number of carbonyl (C=O) groups is 1. The molecule has 3 rings (SSSR count). The smallest absolute Gasteiger partial charge is 0.242 e. The predicted octanol–water partition coefficient (Wildman–Crippen LogP) is 2.12. The molecule has 0 aromatic heterocycles. The lowest BCUT2D eigenvalue weighted by atomic mass is 10.2. The molecule has 1 N–H and O–H groups in total. The Balaban J connectivity index is 1.74. The summed E-state index contributed by atoms with van der Waals surface area (Å²) in [6, 6.07) is 3.48. The monoisotopic (exact) mass is 429 g/mol. The Bertz CT molecular complexity index is 761. The maximum atomic E-state index is 12.8. The van der Waals surface area contributed by atoms with Crippen LogP contribution in [0.2, 0.25) is 0 Å². The number of hydrogen-bond donors (Lipinski definition) is 1. The summed E-state index contributed by atoms with van der Waals surface area (Å²) in [6.45, 7) is 5.54. The quantitative estimate of drug-likeness (QED) is 0.703. The lowest BCUT2D eigenvalue weighted by Gasteiger charge is -2.20. The number of nitrogens with one attached hydrogen (secondary N) is 1. The van der Waals surface area contributed by atoms with E-state index in [0.717, 1.165) is 31.6 Å².